The van der Waals surface area contributed by atoms with E-state index in [0.29, 0.717) is 10.0 Å². The average molecular weight is 309 g/mol. The molecule has 0 aliphatic rings. The molecule has 88 valence electrons. The molecule has 1 aromatic carbocycles. The van der Waals surface area contributed by atoms with E-state index in [0.717, 1.165) is 6.26 Å². The Bertz CT molecular complexity index is 509. The van der Waals surface area contributed by atoms with Crippen LogP contribution < -0.4 is 4.18 Å². The number of rotatable bonds is 3. The van der Waals surface area contributed by atoms with E-state index in [4.69, 9.17) is 0 Å². The average Bonchev–Trinajstić information content (AvgIpc) is 2.18. The molecule has 0 fully saturated rings. The lowest BCUT2D eigenvalue weighted by molar-refractivity contribution is 0.0600. The van der Waals surface area contributed by atoms with Gasteiger partial charge in [0.1, 0.15) is 0 Å². The third-order valence-corrected chi connectivity index (χ3v) is 2.70. The van der Waals surface area contributed by atoms with Crippen molar-refractivity contribution in [2.75, 3.05) is 13.4 Å². The summed E-state index contributed by atoms with van der Waals surface area (Å²) in [5, 5.41) is 0. The zero-order valence-electron chi connectivity index (χ0n) is 8.56. The Kier molecular flexibility index (Phi) is 3.93. The lowest BCUT2D eigenvalue weighted by Crippen LogP contribution is -2.07. The number of carbonyl (C=O) groups is 1. The van der Waals surface area contributed by atoms with Crippen molar-refractivity contribution in [3.05, 3.63) is 28.2 Å². The van der Waals surface area contributed by atoms with Gasteiger partial charge in [0, 0.05) is 0 Å². The smallest absolute Gasteiger partial charge is 0.337 e. The van der Waals surface area contributed by atoms with Gasteiger partial charge in [-0.25, -0.2) is 4.79 Å². The van der Waals surface area contributed by atoms with Crippen LogP contribution in [-0.2, 0) is 14.9 Å². The zero-order chi connectivity index (χ0) is 12.3. The highest BCUT2D eigenvalue weighted by Crippen LogP contribution is 2.27. The summed E-state index contributed by atoms with van der Waals surface area (Å²) in [6.07, 6.45) is 0.938. The van der Waals surface area contributed by atoms with Gasteiger partial charge < -0.3 is 8.92 Å². The van der Waals surface area contributed by atoms with Crippen LogP contribution in [0, 0.1) is 0 Å². The Labute approximate surface area is 102 Å². The Morgan fingerprint density at radius 2 is 2.00 bits per heavy atom. The maximum atomic E-state index is 11.2. The molecular weight excluding hydrogens is 300 g/mol. The first-order chi connectivity index (χ1) is 7.33. The predicted molar refractivity (Wildman–Crippen MR) is 61.0 cm³/mol. The van der Waals surface area contributed by atoms with Gasteiger partial charge in [-0.15, -0.1) is 0 Å². The fourth-order valence-electron chi connectivity index (χ4n) is 0.976. The number of hydrogen-bond donors (Lipinski definition) is 0. The second kappa shape index (κ2) is 4.84. The van der Waals surface area contributed by atoms with Crippen LogP contribution in [0.25, 0.3) is 0 Å². The molecule has 0 bridgehead atoms. The number of benzene rings is 1. The van der Waals surface area contributed by atoms with Crippen molar-refractivity contribution < 1.29 is 22.1 Å². The molecule has 0 radical (unpaired) electrons. The van der Waals surface area contributed by atoms with Crippen LogP contribution in [0.4, 0.5) is 0 Å². The van der Waals surface area contributed by atoms with Gasteiger partial charge >= 0.3 is 16.1 Å². The molecular formula is C9H9BrO5S. The Hall–Kier alpha value is -1.08. The number of esters is 1. The maximum Gasteiger partial charge on any atom is 0.337 e. The van der Waals surface area contributed by atoms with Crippen molar-refractivity contribution in [3.63, 3.8) is 0 Å². The SMILES string of the molecule is COC(=O)c1ccc(OS(C)(=O)=O)c(Br)c1. The van der Waals surface area contributed by atoms with Gasteiger partial charge in [-0.3, -0.25) is 0 Å². The first kappa shape index (κ1) is 13.0. The molecule has 0 N–H and O–H groups in total. The van der Waals surface area contributed by atoms with Gasteiger partial charge in [-0.1, -0.05) is 0 Å². The number of ether oxygens (including phenoxy) is 1. The topological polar surface area (TPSA) is 69.7 Å². The third-order valence-electron chi connectivity index (χ3n) is 1.59. The summed E-state index contributed by atoms with van der Waals surface area (Å²) >= 11 is 3.10. The fourth-order valence-corrected chi connectivity index (χ4v) is 2.01. The molecule has 1 rings (SSSR count). The van der Waals surface area contributed by atoms with E-state index in [1.807, 2.05) is 0 Å². The summed E-state index contributed by atoms with van der Waals surface area (Å²) in [6, 6.07) is 4.21. The highest BCUT2D eigenvalue weighted by atomic mass is 79.9. The zero-order valence-corrected chi connectivity index (χ0v) is 11.0. The van der Waals surface area contributed by atoms with Crippen LogP contribution in [0.5, 0.6) is 5.75 Å². The molecule has 0 aromatic heterocycles. The molecule has 16 heavy (non-hydrogen) atoms. The van der Waals surface area contributed by atoms with Gasteiger partial charge in [0.25, 0.3) is 0 Å². The molecule has 7 heteroatoms. The van der Waals surface area contributed by atoms with Crippen molar-refractivity contribution in [1.29, 1.82) is 0 Å². The molecule has 5 nitrogen and oxygen atoms in total. The van der Waals surface area contributed by atoms with Crippen molar-refractivity contribution >= 4 is 32.0 Å². The molecule has 0 atom stereocenters. The highest BCUT2D eigenvalue weighted by Gasteiger charge is 2.12. The van der Waals surface area contributed by atoms with E-state index in [-0.39, 0.29) is 5.75 Å². The summed E-state index contributed by atoms with van der Waals surface area (Å²) in [6.45, 7) is 0. The summed E-state index contributed by atoms with van der Waals surface area (Å²) in [5.41, 5.74) is 0.301. The standard InChI is InChI=1S/C9H9BrO5S/c1-14-9(11)6-3-4-8(7(10)5-6)15-16(2,12)13/h3-5H,1-2H3. The quantitative estimate of drug-likeness (QED) is 0.626. The highest BCUT2D eigenvalue weighted by molar-refractivity contribution is 9.10. The van der Waals surface area contributed by atoms with Gasteiger partial charge in [0.15, 0.2) is 5.75 Å². The Morgan fingerprint density at radius 3 is 2.44 bits per heavy atom. The van der Waals surface area contributed by atoms with E-state index in [1.165, 1.54) is 25.3 Å². The van der Waals surface area contributed by atoms with Gasteiger partial charge in [-0.2, -0.15) is 8.42 Å². The molecule has 1 aromatic rings. The molecule has 0 aliphatic carbocycles. The molecule has 0 saturated heterocycles. The first-order valence-corrected chi connectivity index (χ1v) is 6.72. The van der Waals surface area contributed by atoms with Crippen molar-refractivity contribution in [1.82, 2.24) is 0 Å². The van der Waals surface area contributed by atoms with Crippen molar-refractivity contribution in [3.8, 4) is 5.75 Å². The summed E-state index contributed by atoms with van der Waals surface area (Å²) in [7, 11) is -2.32. The number of carbonyl (C=O) groups excluding carboxylic acids is 1. The molecule has 0 amide bonds. The fraction of sp³-hybridized carbons (Fsp3) is 0.222. The van der Waals surface area contributed by atoms with Crippen LogP contribution >= 0.6 is 15.9 Å². The lowest BCUT2D eigenvalue weighted by atomic mass is 10.2. The second-order valence-electron chi connectivity index (χ2n) is 2.92. The second-order valence-corrected chi connectivity index (χ2v) is 5.35. The molecule has 0 heterocycles. The van der Waals surface area contributed by atoms with Crippen LogP contribution in [0.2, 0.25) is 0 Å². The molecule has 0 saturated carbocycles. The van der Waals surface area contributed by atoms with E-state index in [1.54, 1.807) is 0 Å². The van der Waals surface area contributed by atoms with Crippen molar-refractivity contribution in [2.45, 2.75) is 0 Å². The Morgan fingerprint density at radius 1 is 1.38 bits per heavy atom. The maximum absolute atomic E-state index is 11.2. The molecule has 0 aliphatic heterocycles. The summed E-state index contributed by atoms with van der Waals surface area (Å²) in [5.74, 6) is -0.387. The van der Waals surface area contributed by atoms with Gasteiger partial charge in [0.05, 0.1) is 23.4 Å². The molecule has 0 spiro atoms. The van der Waals surface area contributed by atoms with Crippen LogP contribution in [0.3, 0.4) is 0 Å². The molecule has 0 unspecified atom stereocenters. The van der Waals surface area contributed by atoms with Crippen molar-refractivity contribution in [2.24, 2.45) is 0 Å². The largest absolute Gasteiger partial charge is 0.465 e. The summed E-state index contributed by atoms with van der Waals surface area (Å²) in [4.78, 5) is 11.2. The van der Waals surface area contributed by atoms with Gasteiger partial charge in [-0.05, 0) is 34.1 Å². The summed E-state index contributed by atoms with van der Waals surface area (Å²) < 4.78 is 31.3. The van der Waals surface area contributed by atoms with Gasteiger partial charge in [0.2, 0.25) is 0 Å². The third kappa shape index (κ3) is 3.49. The van der Waals surface area contributed by atoms with E-state index >= 15 is 0 Å². The lowest BCUT2D eigenvalue weighted by Gasteiger charge is -2.06. The number of hydrogen-bond acceptors (Lipinski definition) is 5. The van der Waals surface area contributed by atoms with Crippen LogP contribution in [0.1, 0.15) is 10.4 Å². The Balaban J connectivity index is 3.05. The minimum absolute atomic E-state index is 0.121. The van der Waals surface area contributed by atoms with E-state index in [9.17, 15) is 13.2 Å². The first-order valence-electron chi connectivity index (χ1n) is 4.11. The van der Waals surface area contributed by atoms with Crippen LogP contribution in [0.15, 0.2) is 22.7 Å². The van der Waals surface area contributed by atoms with E-state index in [2.05, 4.69) is 24.8 Å². The number of methoxy groups -OCH3 is 1. The normalized spacial score (nSPS) is 10.9. The van der Waals surface area contributed by atoms with E-state index < -0.39 is 16.1 Å². The van der Waals surface area contributed by atoms with Crippen LogP contribution in [-0.4, -0.2) is 27.8 Å². The minimum Gasteiger partial charge on any atom is -0.465 e. The number of halogens is 1. The minimum atomic E-state index is -3.58. The monoisotopic (exact) mass is 308 g/mol. The predicted octanol–water partition coefficient (Wildman–Crippen LogP) is 1.57.